The molecule has 132 valence electrons. The van der Waals surface area contributed by atoms with Crippen molar-refractivity contribution in [2.24, 2.45) is 0 Å². The predicted octanol–water partition coefficient (Wildman–Crippen LogP) is 3.08. The number of rotatable bonds is 4. The Bertz CT molecular complexity index is 897. The number of nitrogens with zero attached hydrogens (tertiary/aromatic N) is 2. The number of amides is 1. The minimum Gasteiger partial charge on any atom is -0.307 e. The standard InChI is InChI=1S/C18H19ClN2O3S/c1-13-11-14-5-3-4-6-17(14)21(13)18(22)12-20(25(2,23)24)16-9-7-15(19)8-10-16/h3-10,13H,11-12H2,1-2H3/t13-/m0/s1. The fourth-order valence-corrected chi connectivity index (χ4v) is 4.13. The molecule has 0 saturated heterocycles. The maximum Gasteiger partial charge on any atom is 0.248 e. The number of carbonyl (C=O) groups excluding carboxylic acids is 1. The van der Waals surface area contributed by atoms with Gasteiger partial charge in [0.2, 0.25) is 15.9 Å². The summed E-state index contributed by atoms with van der Waals surface area (Å²) in [7, 11) is -3.61. The number of hydrogen-bond acceptors (Lipinski definition) is 3. The van der Waals surface area contributed by atoms with Crippen LogP contribution in [0.2, 0.25) is 5.02 Å². The molecule has 2 aromatic carbocycles. The van der Waals surface area contributed by atoms with Crippen molar-refractivity contribution in [3.63, 3.8) is 0 Å². The largest absolute Gasteiger partial charge is 0.307 e. The van der Waals surface area contributed by atoms with Gasteiger partial charge in [0.05, 0.1) is 11.9 Å². The minimum atomic E-state index is -3.61. The highest BCUT2D eigenvalue weighted by Crippen LogP contribution is 2.32. The predicted molar refractivity (Wildman–Crippen MR) is 101 cm³/mol. The summed E-state index contributed by atoms with van der Waals surface area (Å²) in [4.78, 5) is 14.6. The lowest BCUT2D eigenvalue weighted by Gasteiger charge is -2.27. The Kier molecular flexibility index (Phi) is 4.75. The molecule has 0 fully saturated rings. The van der Waals surface area contributed by atoms with Crippen LogP contribution in [0.3, 0.4) is 0 Å². The smallest absolute Gasteiger partial charge is 0.248 e. The first-order chi connectivity index (χ1) is 11.8. The van der Waals surface area contributed by atoms with Crippen molar-refractivity contribution < 1.29 is 13.2 Å². The van der Waals surface area contributed by atoms with Crippen LogP contribution in [0.4, 0.5) is 11.4 Å². The summed E-state index contributed by atoms with van der Waals surface area (Å²) in [6.45, 7) is 1.71. The fourth-order valence-electron chi connectivity index (χ4n) is 3.15. The summed E-state index contributed by atoms with van der Waals surface area (Å²) in [6, 6.07) is 14.1. The van der Waals surface area contributed by atoms with Gasteiger partial charge in [0.25, 0.3) is 0 Å². The third kappa shape index (κ3) is 3.65. The number of sulfonamides is 1. The van der Waals surface area contributed by atoms with Crippen molar-refractivity contribution >= 4 is 38.9 Å². The number of halogens is 1. The van der Waals surface area contributed by atoms with Crippen LogP contribution in [0, 0.1) is 0 Å². The Balaban J connectivity index is 1.90. The van der Waals surface area contributed by atoms with E-state index in [0.29, 0.717) is 10.7 Å². The third-order valence-electron chi connectivity index (χ3n) is 4.27. The monoisotopic (exact) mass is 378 g/mol. The number of hydrogen-bond donors (Lipinski definition) is 0. The molecule has 1 heterocycles. The van der Waals surface area contributed by atoms with Crippen LogP contribution in [0.5, 0.6) is 0 Å². The molecule has 3 rings (SSSR count). The zero-order valence-electron chi connectivity index (χ0n) is 14.0. The van der Waals surface area contributed by atoms with Crippen molar-refractivity contribution in [3.05, 3.63) is 59.1 Å². The van der Waals surface area contributed by atoms with Crippen molar-refractivity contribution in [3.8, 4) is 0 Å². The molecular weight excluding hydrogens is 360 g/mol. The van der Waals surface area contributed by atoms with Crippen LogP contribution in [-0.2, 0) is 21.2 Å². The van der Waals surface area contributed by atoms with Crippen molar-refractivity contribution in [1.82, 2.24) is 0 Å². The molecular formula is C18H19ClN2O3S. The number of carbonyl (C=O) groups is 1. The topological polar surface area (TPSA) is 57.7 Å². The van der Waals surface area contributed by atoms with E-state index in [4.69, 9.17) is 11.6 Å². The molecule has 1 atom stereocenters. The number of benzene rings is 2. The lowest BCUT2D eigenvalue weighted by atomic mass is 10.1. The van der Waals surface area contributed by atoms with Crippen LogP contribution in [-0.4, -0.2) is 33.2 Å². The molecule has 0 N–H and O–H groups in total. The first-order valence-corrected chi connectivity index (χ1v) is 10.1. The molecule has 0 spiro atoms. The van der Waals surface area contributed by atoms with E-state index < -0.39 is 10.0 Å². The molecule has 1 aliphatic rings. The molecule has 0 saturated carbocycles. The Morgan fingerprint density at radius 1 is 1.20 bits per heavy atom. The van der Waals surface area contributed by atoms with Gasteiger partial charge in [-0.05, 0) is 49.2 Å². The number of fused-ring (bicyclic) bond motifs is 1. The molecule has 0 unspecified atom stereocenters. The zero-order chi connectivity index (χ0) is 18.2. The molecule has 1 amide bonds. The van der Waals surface area contributed by atoms with E-state index in [9.17, 15) is 13.2 Å². The first-order valence-electron chi connectivity index (χ1n) is 7.90. The average molecular weight is 379 g/mol. The summed E-state index contributed by atoms with van der Waals surface area (Å²) < 4.78 is 25.5. The maximum absolute atomic E-state index is 12.9. The molecule has 2 aromatic rings. The van der Waals surface area contributed by atoms with Crippen molar-refractivity contribution in [2.45, 2.75) is 19.4 Å². The molecule has 0 aromatic heterocycles. The lowest BCUT2D eigenvalue weighted by molar-refractivity contribution is -0.117. The Labute approximate surface area is 152 Å². The second-order valence-electron chi connectivity index (χ2n) is 6.19. The number of para-hydroxylation sites is 1. The second kappa shape index (κ2) is 6.69. The fraction of sp³-hybridized carbons (Fsp3) is 0.278. The van der Waals surface area contributed by atoms with Crippen LogP contribution >= 0.6 is 11.6 Å². The van der Waals surface area contributed by atoms with Crippen molar-refractivity contribution in [2.75, 3.05) is 22.0 Å². The molecule has 1 aliphatic heterocycles. The van der Waals surface area contributed by atoms with Gasteiger partial charge in [0.15, 0.2) is 0 Å². The van der Waals surface area contributed by atoms with Gasteiger partial charge >= 0.3 is 0 Å². The van der Waals surface area contributed by atoms with Gasteiger partial charge in [0, 0.05) is 16.8 Å². The summed E-state index contributed by atoms with van der Waals surface area (Å²) in [5.74, 6) is -0.252. The van der Waals surface area contributed by atoms with E-state index in [2.05, 4.69) is 0 Å². The van der Waals surface area contributed by atoms with Crippen LogP contribution < -0.4 is 9.21 Å². The average Bonchev–Trinajstić information content (AvgIpc) is 2.88. The Morgan fingerprint density at radius 3 is 2.48 bits per heavy atom. The van der Waals surface area contributed by atoms with Crippen LogP contribution in [0.1, 0.15) is 12.5 Å². The Morgan fingerprint density at radius 2 is 1.84 bits per heavy atom. The van der Waals surface area contributed by atoms with E-state index in [1.807, 2.05) is 31.2 Å². The lowest BCUT2D eigenvalue weighted by Crippen LogP contribution is -2.45. The van der Waals surface area contributed by atoms with E-state index >= 15 is 0 Å². The molecule has 7 heteroatoms. The van der Waals surface area contributed by atoms with Gasteiger partial charge in [-0.15, -0.1) is 0 Å². The van der Waals surface area contributed by atoms with Gasteiger partial charge < -0.3 is 4.90 Å². The maximum atomic E-state index is 12.9. The highest BCUT2D eigenvalue weighted by molar-refractivity contribution is 7.92. The van der Waals surface area contributed by atoms with Gasteiger partial charge in [-0.1, -0.05) is 29.8 Å². The summed E-state index contributed by atoms with van der Waals surface area (Å²) in [5.41, 5.74) is 2.37. The first kappa shape index (κ1) is 17.8. The van der Waals surface area contributed by atoms with Crippen LogP contribution in [0.25, 0.3) is 0 Å². The molecule has 5 nitrogen and oxygen atoms in total. The highest BCUT2D eigenvalue weighted by atomic mass is 35.5. The van der Waals surface area contributed by atoms with E-state index in [1.165, 1.54) is 0 Å². The van der Waals surface area contributed by atoms with Gasteiger partial charge in [-0.2, -0.15) is 0 Å². The van der Waals surface area contributed by atoms with Gasteiger partial charge in [-0.3, -0.25) is 9.10 Å². The normalized spacial score (nSPS) is 16.6. The molecule has 0 bridgehead atoms. The molecule has 0 aliphatic carbocycles. The summed E-state index contributed by atoms with van der Waals surface area (Å²) in [5, 5.41) is 0.505. The number of anilines is 2. The SMILES string of the molecule is C[C@H]1Cc2ccccc2N1C(=O)CN(c1ccc(Cl)cc1)S(C)(=O)=O. The molecule has 25 heavy (non-hydrogen) atoms. The summed E-state index contributed by atoms with van der Waals surface area (Å²) in [6.07, 6.45) is 1.86. The van der Waals surface area contributed by atoms with E-state index in [0.717, 1.165) is 28.2 Å². The zero-order valence-corrected chi connectivity index (χ0v) is 15.6. The highest BCUT2D eigenvalue weighted by Gasteiger charge is 2.32. The Hall–Kier alpha value is -2.05. The molecule has 0 radical (unpaired) electrons. The van der Waals surface area contributed by atoms with E-state index in [1.54, 1.807) is 29.2 Å². The van der Waals surface area contributed by atoms with Crippen LogP contribution in [0.15, 0.2) is 48.5 Å². The second-order valence-corrected chi connectivity index (χ2v) is 8.53. The summed E-state index contributed by atoms with van der Waals surface area (Å²) >= 11 is 5.87. The van der Waals surface area contributed by atoms with Gasteiger partial charge in [-0.25, -0.2) is 8.42 Å². The minimum absolute atomic E-state index is 0.00321. The quantitative estimate of drug-likeness (QED) is 0.821. The van der Waals surface area contributed by atoms with E-state index in [-0.39, 0.29) is 18.5 Å². The third-order valence-corrected chi connectivity index (χ3v) is 5.66. The van der Waals surface area contributed by atoms with Crippen molar-refractivity contribution in [1.29, 1.82) is 0 Å². The van der Waals surface area contributed by atoms with Gasteiger partial charge in [0.1, 0.15) is 6.54 Å².